The SMILES string of the molecule is C1CC2CCC12.COc1ccc(-c2nc3ncccn3c2-c2ccccc2S(C)=O)cc1. The molecule has 32 heavy (non-hydrogen) atoms. The van der Waals surface area contributed by atoms with Gasteiger partial charge in [-0.2, -0.15) is 0 Å². The molecule has 0 radical (unpaired) electrons. The zero-order chi connectivity index (χ0) is 22.1. The van der Waals surface area contributed by atoms with Gasteiger partial charge in [-0.25, -0.2) is 9.97 Å². The number of benzene rings is 2. The van der Waals surface area contributed by atoms with Crippen LogP contribution >= 0.6 is 0 Å². The van der Waals surface area contributed by atoms with E-state index in [1.807, 2.05) is 65.2 Å². The zero-order valence-electron chi connectivity index (χ0n) is 18.4. The number of nitrogens with zero attached hydrogens (tertiary/aromatic N) is 3. The Hall–Kier alpha value is -2.99. The lowest BCUT2D eigenvalue weighted by Crippen LogP contribution is -2.34. The van der Waals surface area contributed by atoms with Gasteiger partial charge in [0.25, 0.3) is 0 Å². The molecule has 164 valence electrons. The van der Waals surface area contributed by atoms with E-state index in [0.29, 0.717) is 5.78 Å². The van der Waals surface area contributed by atoms with Crippen LogP contribution in [0.1, 0.15) is 25.7 Å². The highest BCUT2D eigenvalue weighted by atomic mass is 32.2. The number of ether oxygens (including phenoxy) is 1. The van der Waals surface area contributed by atoms with E-state index in [0.717, 1.165) is 33.2 Å². The Labute approximate surface area is 191 Å². The fourth-order valence-corrected chi connectivity index (χ4v) is 5.32. The van der Waals surface area contributed by atoms with E-state index in [4.69, 9.17) is 9.72 Å². The van der Waals surface area contributed by atoms with E-state index >= 15 is 0 Å². The maximum atomic E-state index is 12.3. The van der Waals surface area contributed by atoms with Crippen LogP contribution in [0.15, 0.2) is 71.9 Å². The number of methoxy groups -OCH3 is 1. The summed E-state index contributed by atoms with van der Waals surface area (Å²) >= 11 is 0. The van der Waals surface area contributed by atoms with Crippen molar-refractivity contribution in [3.63, 3.8) is 0 Å². The molecule has 0 aliphatic heterocycles. The van der Waals surface area contributed by atoms with Gasteiger partial charge in [-0.1, -0.05) is 18.2 Å². The molecule has 2 aromatic carbocycles. The van der Waals surface area contributed by atoms with Gasteiger partial charge in [-0.05, 0) is 73.9 Å². The van der Waals surface area contributed by atoms with E-state index in [1.165, 1.54) is 11.8 Å². The monoisotopic (exact) mass is 445 g/mol. The van der Waals surface area contributed by atoms with Crippen LogP contribution < -0.4 is 4.74 Å². The van der Waals surface area contributed by atoms with Crippen molar-refractivity contribution in [2.45, 2.75) is 30.6 Å². The smallest absolute Gasteiger partial charge is 0.234 e. The van der Waals surface area contributed by atoms with Crippen LogP contribution in [-0.4, -0.2) is 31.9 Å². The first-order valence-corrected chi connectivity index (χ1v) is 12.6. The molecule has 0 spiro atoms. The lowest BCUT2D eigenvalue weighted by molar-refractivity contribution is 0.0548. The number of aromatic nitrogens is 3. The summed E-state index contributed by atoms with van der Waals surface area (Å²) in [5.41, 5.74) is 3.51. The van der Waals surface area contributed by atoms with Crippen LogP contribution in [0.3, 0.4) is 0 Å². The first kappa shape index (κ1) is 20.9. The number of hydrogen-bond donors (Lipinski definition) is 0. The minimum Gasteiger partial charge on any atom is -0.497 e. The summed E-state index contributed by atoms with van der Waals surface area (Å²) in [5, 5.41) is 0. The van der Waals surface area contributed by atoms with Crippen molar-refractivity contribution in [2.24, 2.45) is 11.8 Å². The molecule has 0 N–H and O–H groups in total. The number of imidazole rings is 1. The Morgan fingerprint density at radius 1 is 0.969 bits per heavy atom. The van der Waals surface area contributed by atoms with Crippen molar-refractivity contribution in [3.05, 3.63) is 67.0 Å². The van der Waals surface area contributed by atoms with E-state index in [-0.39, 0.29) is 0 Å². The van der Waals surface area contributed by atoms with E-state index in [1.54, 1.807) is 45.2 Å². The highest BCUT2D eigenvalue weighted by Gasteiger charge is 2.37. The van der Waals surface area contributed by atoms with Crippen molar-refractivity contribution in [3.8, 4) is 28.3 Å². The third-order valence-corrected chi connectivity index (χ3v) is 7.68. The summed E-state index contributed by atoms with van der Waals surface area (Å²) in [6, 6.07) is 17.3. The van der Waals surface area contributed by atoms with Crippen LogP contribution in [0.4, 0.5) is 0 Å². The molecule has 0 bridgehead atoms. The number of hydrogen-bond acceptors (Lipinski definition) is 4. The second-order valence-corrected chi connectivity index (χ2v) is 9.80. The normalized spacial score (nSPS) is 19.7. The van der Waals surface area contributed by atoms with Crippen LogP contribution in [0.5, 0.6) is 5.75 Å². The second-order valence-electron chi connectivity index (χ2n) is 8.45. The summed E-state index contributed by atoms with van der Waals surface area (Å²) in [4.78, 5) is 9.87. The molecule has 2 heterocycles. The zero-order valence-corrected chi connectivity index (χ0v) is 19.2. The summed E-state index contributed by atoms with van der Waals surface area (Å²) in [7, 11) is 0.522. The van der Waals surface area contributed by atoms with Crippen molar-refractivity contribution in [1.82, 2.24) is 14.4 Å². The fraction of sp³-hybridized carbons (Fsp3) is 0.308. The molecule has 5 nitrogen and oxygen atoms in total. The maximum Gasteiger partial charge on any atom is 0.234 e. The van der Waals surface area contributed by atoms with Gasteiger partial charge in [0.05, 0.1) is 29.3 Å². The van der Waals surface area contributed by atoms with Gasteiger partial charge in [0.15, 0.2) is 0 Å². The highest BCUT2D eigenvalue weighted by Crippen LogP contribution is 2.49. The lowest BCUT2D eigenvalue weighted by atomic mass is 9.60. The molecule has 2 aromatic heterocycles. The lowest BCUT2D eigenvalue weighted by Gasteiger charge is -2.46. The molecule has 1 atom stereocenters. The minimum absolute atomic E-state index is 0.602. The molecule has 0 saturated heterocycles. The van der Waals surface area contributed by atoms with E-state index in [2.05, 4.69) is 4.98 Å². The molecule has 6 rings (SSSR count). The van der Waals surface area contributed by atoms with Crippen LogP contribution in [0, 0.1) is 11.8 Å². The highest BCUT2D eigenvalue weighted by molar-refractivity contribution is 7.84. The Balaban J connectivity index is 0.000000306. The van der Waals surface area contributed by atoms with Crippen LogP contribution in [0.2, 0.25) is 0 Å². The van der Waals surface area contributed by atoms with Gasteiger partial charge in [0, 0.05) is 34.7 Å². The Kier molecular flexibility index (Phi) is 5.79. The Bertz CT molecular complexity index is 1250. The maximum absolute atomic E-state index is 12.3. The molecular formula is C26H27N3O2S. The molecule has 0 amide bonds. The van der Waals surface area contributed by atoms with Crippen molar-refractivity contribution in [2.75, 3.05) is 13.4 Å². The number of fused-ring (bicyclic) bond motifs is 2. The standard InChI is InChI=1S/C20H17N3O2S.C6H10/c1-25-15-10-8-14(9-11-15)18-19(23-13-5-12-21-20(23)22-18)16-6-3-4-7-17(16)26(2)24;1-2-6-4-3-5(1)6/h3-13H,1-2H3;5-6H,1-4H2. The van der Waals surface area contributed by atoms with Gasteiger partial charge in [0.2, 0.25) is 5.78 Å². The van der Waals surface area contributed by atoms with Gasteiger partial charge in [-0.3, -0.25) is 8.61 Å². The van der Waals surface area contributed by atoms with E-state index in [9.17, 15) is 4.21 Å². The average molecular weight is 446 g/mol. The first-order chi connectivity index (χ1) is 15.7. The van der Waals surface area contributed by atoms with Crippen LogP contribution in [0.25, 0.3) is 28.3 Å². The molecular weight excluding hydrogens is 418 g/mol. The fourth-order valence-electron chi connectivity index (χ4n) is 4.57. The summed E-state index contributed by atoms with van der Waals surface area (Å²) in [6.45, 7) is 0. The number of rotatable bonds is 4. The topological polar surface area (TPSA) is 56.5 Å². The summed E-state index contributed by atoms with van der Waals surface area (Å²) in [6.07, 6.45) is 11.6. The van der Waals surface area contributed by atoms with Gasteiger partial charge in [0.1, 0.15) is 5.75 Å². The molecule has 2 fully saturated rings. The molecule has 2 saturated carbocycles. The third-order valence-electron chi connectivity index (χ3n) is 6.70. The molecule has 1 unspecified atom stereocenters. The minimum atomic E-state index is -1.12. The Morgan fingerprint density at radius 3 is 2.25 bits per heavy atom. The quantitative estimate of drug-likeness (QED) is 0.409. The van der Waals surface area contributed by atoms with Crippen LogP contribution in [-0.2, 0) is 10.8 Å². The van der Waals surface area contributed by atoms with Crippen molar-refractivity contribution < 1.29 is 8.95 Å². The molecule has 6 heteroatoms. The Morgan fingerprint density at radius 2 is 1.66 bits per heavy atom. The van der Waals surface area contributed by atoms with Gasteiger partial charge in [-0.15, -0.1) is 0 Å². The first-order valence-electron chi connectivity index (χ1n) is 11.1. The van der Waals surface area contributed by atoms with Gasteiger partial charge < -0.3 is 4.74 Å². The largest absolute Gasteiger partial charge is 0.497 e. The summed E-state index contributed by atoms with van der Waals surface area (Å²) in [5.74, 6) is 3.81. The van der Waals surface area contributed by atoms with Gasteiger partial charge >= 0.3 is 0 Å². The molecule has 2 aliphatic rings. The predicted octanol–water partition coefficient (Wildman–Crippen LogP) is 5.62. The second kappa shape index (κ2) is 8.87. The average Bonchev–Trinajstić information content (AvgIpc) is 3.21. The summed E-state index contributed by atoms with van der Waals surface area (Å²) < 4.78 is 19.5. The van der Waals surface area contributed by atoms with Crippen molar-refractivity contribution in [1.29, 1.82) is 0 Å². The predicted molar refractivity (Wildman–Crippen MR) is 128 cm³/mol. The third kappa shape index (κ3) is 3.84. The van der Waals surface area contributed by atoms with E-state index < -0.39 is 10.8 Å². The molecule has 4 aromatic rings. The molecule has 2 aliphatic carbocycles. The van der Waals surface area contributed by atoms with Crippen molar-refractivity contribution >= 4 is 16.6 Å².